The molecule has 0 atom stereocenters. The van der Waals surface area contributed by atoms with E-state index in [1.165, 1.54) is 18.9 Å². The van der Waals surface area contributed by atoms with E-state index in [0.29, 0.717) is 9.89 Å². The molecule has 0 radical (unpaired) electrons. The lowest BCUT2D eigenvalue weighted by molar-refractivity contribution is 0.460. The summed E-state index contributed by atoms with van der Waals surface area (Å²) in [6.07, 6.45) is 3.48. The first kappa shape index (κ1) is 12.1. The van der Waals surface area contributed by atoms with Gasteiger partial charge in [-0.1, -0.05) is 19.1 Å². The van der Waals surface area contributed by atoms with Gasteiger partial charge >= 0.3 is 0 Å². The van der Waals surface area contributed by atoms with Crippen molar-refractivity contribution in [1.29, 1.82) is 0 Å². The monoisotopic (exact) mass is 285 g/mol. The molecule has 3 heteroatoms. The highest BCUT2D eigenvalue weighted by Gasteiger charge is 2.42. The van der Waals surface area contributed by atoms with Crippen LogP contribution in [-0.2, 0) is 6.42 Å². The number of rotatable bonds is 5. The second-order valence-corrected chi connectivity index (χ2v) is 5.46. The quantitative estimate of drug-likeness (QED) is 0.873. The molecule has 0 spiro atoms. The summed E-state index contributed by atoms with van der Waals surface area (Å²) in [6, 6.07) is 5.30. The van der Waals surface area contributed by atoms with Gasteiger partial charge < -0.3 is 5.32 Å². The van der Waals surface area contributed by atoms with Crippen LogP contribution in [-0.4, -0.2) is 13.1 Å². The molecule has 1 aromatic carbocycles. The van der Waals surface area contributed by atoms with Gasteiger partial charge in [-0.05, 0) is 58.8 Å². The molecule has 88 valence electrons. The summed E-state index contributed by atoms with van der Waals surface area (Å²) in [5.41, 5.74) is 1.47. The highest BCUT2D eigenvalue weighted by Crippen LogP contribution is 2.48. The average Bonchev–Trinajstić information content (AvgIpc) is 3.03. The number of benzene rings is 1. The van der Waals surface area contributed by atoms with Crippen molar-refractivity contribution in [2.45, 2.75) is 26.2 Å². The molecule has 0 heterocycles. The second kappa shape index (κ2) is 4.84. The molecule has 0 bridgehead atoms. The van der Waals surface area contributed by atoms with E-state index in [1.54, 1.807) is 6.07 Å². The highest BCUT2D eigenvalue weighted by molar-refractivity contribution is 9.10. The van der Waals surface area contributed by atoms with E-state index in [0.717, 1.165) is 25.1 Å². The van der Waals surface area contributed by atoms with Gasteiger partial charge in [0.05, 0.1) is 4.47 Å². The van der Waals surface area contributed by atoms with Crippen LogP contribution in [0.5, 0.6) is 0 Å². The van der Waals surface area contributed by atoms with Gasteiger partial charge in [0.1, 0.15) is 5.82 Å². The summed E-state index contributed by atoms with van der Waals surface area (Å²) in [4.78, 5) is 0. The van der Waals surface area contributed by atoms with Crippen molar-refractivity contribution in [3.63, 3.8) is 0 Å². The second-order valence-electron chi connectivity index (χ2n) is 4.67. The van der Waals surface area contributed by atoms with Gasteiger partial charge in [-0.2, -0.15) is 0 Å². The Kier molecular flexibility index (Phi) is 3.65. The zero-order chi connectivity index (χ0) is 11.6. The normalized spacial score (nSPS) is 17.4. The summed E-state index contributed by atoms with van der Waals surface area (Å²) in [5, 5.41) is 3.40. The molecule has 0 unspecified atom stereocenters. The van der Waals surface area contributed by atoms with Gasteiger partial charge in [0.15, 0.2) is 0 Å². The summed E-state index contributed by atoms with van der Waals surface area (Å²) in [6.45, 7) is 4.17. The van der Waals surface area contributed by atoms with Crippen LogP contribution in [0.3, 0.4) is 0 Å². The van der Waals surface area contributed by atoms with E-state index >= 15 is 0 Å². The van der Waals surface area contributed by atoms with Crippen LogP contribution in [0.1, 0.15) is 25.3 Å². The molecular formula is C13H17BrFN. The van der Waals surface area contributed by atoms with E-state index < -0.39 is 0 Å². The fourth-order valence-corrected chi connectivity index (χ4v) is 2.48. The average molecular weight is 286 g/mol. The molecule has 1 N–H and O–H groups in total. The Morgan fingerprint density at radius 1 is 1.44 bits per heavy atom. The lowest BCUT2D eigenvalue weighted by Crippen LogP contribution is -2.25. The first-order valence-corrected chi connectivity index (χ1v) is 6.60. The van der Waals surface area contributed by atoms with E-state index in [9.17, 15) is 4.39 Å². The predicted octanol–water partition coefficient (Wildman–Crippen LogP) is 3.52. The molecule has 1 aliphatic carbocycles. The molecule has 2 rings (SSSR count). The van der Waals surface area contributed by atoms with Crippen LogP contribution in [0.15, 0.2) is 22.7 Å². The minimum absolute atomic E-state index is 0.156. The minimum Gasteiger partial charge on any atom is -0.316 e. The van der Waals surface area contributed by atoms with Crippen molar-refractivity contribution in [3.05, 3.63) is 34.1 Å². The van der Waals surface area contributed by atoms with E-state index in [-0.39, 0.29) is 5.82 Å². The smallest absolute Gasteiger partial charge is 0.137 e. The fraction of sp³-hybridized carbons (Fsp3) is 0.538. The maximum atomic E-state index is 13.4. The Bertz CT molecular complexity index is 374. The van der Waals surface area contributed by atoms with Crippen LogP contribution in [0, 0.1) is 11.2 Å². The molecular weight excluding hydrogens is 269 g/mol. The number of hydrogen-bond acceptors (Lipinski definition) is 1. The van der Waals surface area contributed by atoms with Crippen molar-refractivity contribution >= 4 is 15.9 Å². The van der Waals surface area contributed by atoms with Gasteiger partial charge in [-0.3, -0.25) is 0 Å². The zero-order valence-electron chi connectivity index (χ0n) is 9.52. The molecule has 0 amide bonds. The topological polar surface area (TPSA) is 12.0 Å². The van der Waals surface area contributed by atoms with Gasteiger partial charge in [0.25, 0.3) is 0 Å². The van der Waals surface area contributed by atoms with Crippen molar-refractivity contribution in [2.75, 3.05) is 13.1 Å². The van der Waals surface area contributed by atoms with Crippen LogP contribution in [0.4, 0.5) is 4.39 Å². The summed E-state index contributed by atoms with van der Waals surface area (Å²) in [7, 11) is 0. The van der Waals surface area contributed by atoms with Crippen molar-refractivity contribution in [2.24, 2.45) is 5.41 Å². The van der Waals surface area contributed by atoms with Gasteiger partial charge in [0.2, 0.25) is 0 Å². The number of halogens is 2. The molecule has 1 saturated carbocycles. The highest BCUT2D eigenvalue weighted by atomic mass is 79.9. The Hall–Kier alpha value is -0.410. The third-order valence-electron chi connectivity index (χ3n) is 3.30. The number of hydrogen-bond donors (Lipinski definition) is 1. The van der Waals surface area contributed by atoms with Gasteiger partial charge in [0, 0.05) is 6.54 Å². The zero-order valence-corrected chi connectivity index (χ0v) is 11.1. The van der Waals surface area contributed by atoms with Crippen LogP contribution in [0.25, 0.3) is 0 Å². The van der Waals surface area contributed by atoms with Crippen molar-refractivity contribution in [1.82, 2.24) is 5.32 Å². The molecule has 1 nitrogen and oxygen atoms in total. The standard InChI is InChI=1S/C13H17BrFN/c1-2-16-9-13(6-7-13)8-10-4-3-5-11(15)12(10)14/h3-5,16H,2,6-9H2,1H3. The first-order chi connectivity index (χ1) is 7.67. The molecule has 0 saturated heterocycles. The Labute approximate surface area is 105 Å². The van der Waals surface area contributed by atoms with Crippen LogP contribution in [0.2, 0.25) is 0 Å². The summed E-state index contributed by atoms with van der Waals surface area (Å²) in [5.74, 6) is -0.156. The van der Waals surface area contributed by atoms with E-state index in [1.807, 2.05) is 6.07 Å². The largest absolute Gasteiger partial charge is 0.316 e. The van der Waals surface area contributed by atoms with E-state index in [2.05, 4.69) is 28.2 Å². The Morgan fingerprint density at radius 2 is 2.19 bits per heavy atom. The Morgan fingerprint density at radius 3 is 2.81 bits per heavy atom. The molecule has 1 fully saturated rings. The van der Waals surface area contributed by atoms with E-state index in [4.69, 9.17) is 0 Å². The summed E-state index contributed by atoms with van der Waals surface area (Å²) < 4.78 is 14.0. The first-order valence-electron chi connectivity index (χ1n) is 5.80. The third-order valence-corrected chi connectivity index (χ3v) is 4.19. The van der Waals surface area contributed by atoms with Crippen molar-refractivity contribution in [3.8, 4) is 0 Å². The lowest BCUT2D eigenvalue weighted by Gasteiger charge is -2.16. The maximum absolute atomic E-state index is 13.4. The third kappa shape index (κ3) is 2.64. The Balaban J connectivity index is 2.06. The molecule has 0 aliphatic heterocycles. The summed E-state index contributed by atoms with van der Waals surface area (Å²) >= 11 is 3.33. The van der Waals surface area contributed by atoms with Gasteiger partial charge in [-0.25, -0.2) is 4.39 Å². The van der Waals surface area contributed by atoms with Gasteiger partial charge in [-0.15, -0.1) is 0 Å². The van der Waals surface area contributed by atoms with Crippen molar-refractivity contribution < 1.29 is 4.39 Å². The minimum atomic E-state index is -0.156. The lowest BCUT2D eigenvalue weighted by atomic mass is 9.96. The molecule has 1 aromatic rings. The van der Waals surface area contributed by atoms with Crippen LogP contribution < -0.4 is 5.32 Å². The fourth-order valence-electron chi connectivity index (χ4n) is 2.07. The molecule has 1 aliphatic rings. The number of nitrogens with one attached hydrogen (secondary N) is 1. The molecule has 16 heavy (non-hydrogen) atoms. The maximum Gasteiger partial charge on any atom is 0.137 e. The predicted molar refractivity (Wildman–Crippen MR) is 68.0 cm³/mol. The molecule has 0 aromatic heterocycles. The SMILES string of the molecule is CCNCC1(Cc2cccc(F)c2Br)CC1. The van der Waals surface area contributed by atoms with Crippen LogP contribution >= 0.6 is 15.9 Å².